The predicted molar refractivity (Wildman–Crippen MR) is 110 cm³/mol. The Morgan fingerprint density at radius 1 is 1.38 bits per heavy atom. The molecule has 0 aliphatic heterocycles. The Morgan fingerprint density at radius 3 is 2.66 bits per heavy atom. The molecule has 1 aromatic carbocycles. The number of benzene rings is 1. The van der Waals surface area contributed by atoms with Crippen LogP contribution in [0.3, 0.4) is 0 Å². The van der Waals surface area contributed by atoms with Gasteiger partial charge in [0.1, 0.15) is 23.0 Å². The highest BCUT2D eigenvalue weighted by atomic mass is 19.1. The number of nitrogens with zero attached hydrogens (tertiary/aromatic N) is 4. The van der Waals surface area contributed by atoms with Crippen molar-refractivity contribution in [1.82, 2.24) is 25.5 Å². The number of pyridine rings is 1. The Balaban J connectivity index is 2.25. The van der Waals surface area contributed by atoms with Crippen LogP contribution < -0.4 is 10.1 Å². The van der Waals surface area contributed by atoms with E-state index in [1.54, 1.807) is 20.3 Å². The monoisotopic (exact) mass is 400 g/mol. The largest absolute Gasteiger partial charge is 0.494 e. The van der Waals surface area contributed by atoms with Crippen LogP contribution in [0.25, 0.3) is 27.7 Å². The summed E-state index contributed by atoms with van der Waals surface area (Å²) in [6.45, 7) is 5.65. The third-order valence-electron chi connectivity index (χ3n) is 4.46. The van der Waals surface area contributed by atoms with E-state index in [9.17, 15) is 8.78 Å². The molecule has 0 atom stereocenters. The molecule has 7 nitrogen and oxygen atoms in total. The number of fused-ring (bicyclic) bond motifs is 1. The zero-order valence-electron chi connectivity index (χ0n) is 16.7. The van der Waals surface area contributed by atoms with Crippen molar-refractivity contribution in [3.05, 3.63) is 47.4 Å². The maximum atomic E-state index is 14.8. The van der Waals surface area contributed by atoms with Gasteiger partial charge in [0.15, 0.2) is 5.75 Å². The summed E-state index contributed by atoms with van der Waals surface area (Å²) in [5.41, 5.74) is 2.21. The number of methoxy groups -OCH3 is 1. The van der Waals surface area contributed by atoms with Crippen LogP contribution in [0.15, 0.2) is 29.6 Å². The number of H-pyrrole nitrogens is 1. The van der Waals surface area contributed by atoms with Crippen molar-refractivity contribution in [1.29, 1.82) is 0 Å². The van der Waals surface area contributed by atoms with Gasteiger partial charge in [-0.1, -0.05) is 0 Å². The van der Waals surface area contributed by atoms with Gasteiger partial charge >= 0.3 is 0 Å². The topological polar surface area (TPSA) is 78.4 Å². The minimum atomic E-state index is -0.715. The molecular weight excluding hydrogens is 378 g/mol. The van der Waals surface area contributed by atoms with E-state index in [0.29, 0.717) is 28.7 Å². The molecule has 0 bridgehead atoms. The van der Waals surface area contributed by atoms with Crippen LogP contribution in [0.4, 0.5) is 8.78 Å². The van der Waals surface area contributed by atoms with Gasteiger partial charge in [0.2, 0.25) is 0 Å². The molecule has 9 heteroatoms. The molecule has 0 amide bonds. The first kappa shape index (κ1) is 20.4. The Hall–Kier alpha value is -3.33. The highest BCUT2D eigenvalue weighted by Crippen LogP contribution is 2.39. The van der Waals surface area contributed by atoms with Gasteiger partial charge in [-0.2, -0.15) is 10.2 Å². The van der Waals surface area contributed by atoms with E-state index in [1.807, 2.05) is 6.92 Å². The van der Waals surface area contributed by atoms with Crippen LogP contribution in [0.1, 0.15) is 18.2 Å². The highest BCUT2D eigenvalue weighted by Gasteiger charge is 2.23. The first-order valence-corrected chi connectivity index (χ1v) is 8.83. The Labute approximate surface area is 167 Å². The third-order valence-corrected chi connectivity index (χ3v) is 4.46. The molecule has 0 aliphatic rings. The number of ether oxygens (including phenoxy) is 1. The van der Waals surface area contributed by atoms with E-state index in [4.69, 9.17) is 4.74 Å². The fourth-order valence-corrected chi connectivity index (χ4v) is 3.19. The number of allylic oxidation sites excluding steroid dienone is 1. The van der Waals surface area contributed by atoms with Crippen molar-refractivity contribution in [2.45, 2.75) is 13.5 Å². The van der Waals surface area contributed by atoms with Gasteiger partial charge in [0, 0.05) is 26.5 Å². The molecule has 29 heavy (non-hydrogen) atoms. The van der Waals surface area contributed by atoms with Gasteiger partial charge in [-0.05, 0) is 37.2 Å². The molecule has 2 heterocycles. The van der Waals surface area contributed by atoms with Crippen LogP contribution in [0, 0.1) is 11.6 Å². The van der Waals surface area contributed by atoms with E-state index in [-0.39, 0.29) is 17.0 Å². The van der Waals surface area contributed by atoms with E-state index >= 15 is 0 Å². The van der Waals surface area contributed by atoms with Crippen molar-refractivity contribution >= 4 is 23.2 Å². The zero-order chi connectivity index (χ0) is 21.1. The number of nitrogens with one attached hydrogen (secondary N) is 2. The predicted octanol–water partition coefficient (Wildman–Crippen LogP) is 3.54. The number of halogens is 2. The smallest absolute Gasteiger partial charge is 0.156 e. The molecule has 0 fully saturated rings. The standard InChI is InChI=1S/C20H22F2N6O/c1-11(10-28(4)24-3)18-17-15(26-27-18)9-25-19(20(17)29-5)16-13(21)6-12(8-23-2)7-14(16)22/h6-7,9-10,23H,3,8H2,1-2,4-5H3,(H,26,27)/b11-10+. The molecule has 3 rings (SSSR count). The lowest BCUT2D eigenvalue weighted by Gasteiger charge is -2.13. The third kappa shape index (κ3) is 3.81. The molecule has 0 spiro atoms. The Kier molecular flexibility index (Phi) is 5.88. The van der Waals surface area contributed by atoms with Crippen LogP contribution >= 0.6 is 0 Å². The number of aromatic nitrogens is 3. The summed E-state index contributed by atoms with van der Waals surface area (Å²) >= 11 is 0. The summed E-state index contributed by atoms with van der Waals surface area (Å²) in [5.74, 6) is -1.20. The summed E-state index contributed by atoms with van der Waals surface area (Å²) in [4.78, 5) is 4.24. The maximum absolute atomic E-state index is 14.8. The number of aromatic amines is 1. The highest BCUT2D eigenvalue weighted by molar-refractivity contribution is 5.98. The summed E-state index contributed by atoms with van der Waals surface area (Å²) in [6.07, 6.45) is 3.21. The van der Waals surface area contributed by atoms with E-state index in [1.165, 1.54) is 30.4 Å². The van der Waals surface area contributed by atoms with Crippen molar-refractivity contribution < 1.29 is 13.5 Å². The molecular formula is C20H22F2N6O. The second-order valence-electron chi connectivity index (χ2n) is 6.49. The lowest BCUT2D eigenvalue weighted by atomic mass is 10.0. The summed E-state index contributed by atoms with van der Waals surface area (Å²) in [5, 5.41) is 16.0. The quantitative estimate of drug-likeness (QED) is 0.469. The molecule has 152 valence electrons. The van der Waals surface area contributed by atoms with E-state index < -0.39 is 11.6 Å². The van der Waals surface area contributed by atoms with Crippen molar-refractivity contribution in [3.63, 3.8) is 0 Å². The SMILES string of the molecule is C=NN(C)/C=C(\C)c1n[nH]c2cnc(-c3c(F)cc(CNC)cc3F)c(OC)c12. The lowest BCUT2D eigenvalue weighted by Crippen LogP contribution is -2.07. The summed E-state index contributed by atoms with van der Waals surface area (Å²) < 4.78 is 35.2. The Morgan fingerprint density at radius 2 is 2.07 bits per heavy atom. The van der Waals surface area contributed by atoms with Gasteiger partial charge in [-0.25, -0.2) is 13.8 Å². The minimum absolute atomic E-state index is 0.0663. The number of hydrogen-bond acceptors (Lipinski definition) is 6. The van der Waals surface area contributed by atoms with Gasteiger partial charge in [-0.15, -0.1) is 0 Å². The van der Waals surface area contributed by atoms with Crippen LogP contribution in [-0.2, 0) is 6.54 Å². The van der Waals surface area contributed by atoms with Gasteiger partial charge in [0.25, 0.3) is 0 Å². The molecule has 0 radical (unpaired) electrons. The van der Waals surface area contributed by atoms with Crippen molar-refractivity contribution in [3.8, 4) is 17.0 Å². The molecule has 0 saturated carbocycles. The minimum Gasteiger partial charge on any atom is -0.494 e. The molecule has 0 unspecified atom stereocenters. The zero-order valence-corrected chi connectivity index (χ0v) is 16.7. The van der Waals surface area contributed by atoms with Crippen LogP contribution in [0.2, 0.25) is 0 Å². The first-order chi connectivity index (χ1) is 13.9. The maximum Gasteiger partial charge on any atom is 0.156 e. The van der Waals surface area contributed by atoms with Crippen molar-refractivity contribution in [2.24, 2.45) is 5.10 Å². The average Bonchev–Trinajstić information content (AvgIpc) is 3.11. The molecule has 0 saturated heterocycles. The lowest BCUT2D eigenvalue weighted by molar-refractivity contribution is 0.419. The normalized spacial score (nSPS) is 11.7. The number of hydrazone groups is 1. The molecule has 2 N–H and O–H groups in total. The van der Waals surface area contributed by atoms with Crippen molar-refractivity contribution in [2.75, 3.05) is 21.2 Å². The summed E-state index contributed by atoms with van der Waals surface area (Å²) in [7, 11) is 4.86. The first-order valence-electron chi connectivity index (χ1n) is 8.83. The number of rotatable bonds is 7. The number of hydrogen-bond donors (Lipinski definition) is 2. The summed E-state index contributed by atoms with van der Waals surface area (Å²) in [6, 6.07) is 2.57. The second-order valence-corrected chi connectivity index (χ2v) is 6.49. The average molecular weight is 400 g/mol. The fourth-order valence-electron chi connectivity index (χ4n) is 3.19. The fraction of sp³-hybridized carbons (Fsp3) is 0.250. The second kappa shape index (κ2) is 8.36. The van der Waals surface area contributed by atoms with Crippen LogP contribution in [0.5, 0.6) is 5.75 Å². The van der Waals surface area contributed by atoms with Gasteiger partial charge < -0.3 is 10.1 Å². The molecule has 2 aromatic heterocycles. The molecule has 3 aromatic rings. The van der Waals surface area contributed by atoms with E-state index in [2.05, 4.69) is 32.3 Å². The van der Waals surface area contributed by atoms with Gasteiger partial charge in [0.05, 0.1) is 29.8 Å². The Bertz CT molecular complexity index is 1070. The molecule has 0 aliphatic carbocycles. The van der Waals surface area contributed by atoms with Crippen LogP contribution in [-0.4, -0.2) is 48.1 Å². The van der Waals surface area contributed by atoms with E-state index in [0.717, 1.165) is 5.57 Å². The van der Waals surface area contributed by atoms with Gasteiger partial charge in [-0.3, -0.25) is 10.1 Å².